The third-order valence-corrected chi connectivity index (χ3v) is 6.74. The molecule has 2 N–H and O–H groups in total. The second-order valence-electron chi connectivity index (χ2n) is 11.0. The normalized spacial score (nSPS) is 21.5. The molecule has 40 heavy (non-hydrogen) atoms. The summed E-state index contributed by atoms with van der Waals surface area (Å²) in [6, 6.07) is 4.83. The van der Waals surface area contributed by atoms with Crippen LogP contribution >= 0.6 is 0 Å². The average molecular weight is 559 g/mol. The molecule has 4 aromatic rings. The number of amides is 1. The molecule has 14 heteroatoms. The van der Waals surface area contributed by atoms with Crippen LogP contribution in [0.2, 0.25) is 0 Å². The van der Waals surface area contributed by atoms with Gasteiger partial charge in [-0.1, -0.05) is 6.07 Å². The number of halogens is 3. The topological polar surface area (TPSA) is 120 Å². The van der Waals surface area contributed by atoms with Crippen LogP contribution in [0, 0.1) is 0 Å². The first-order valence-corrected chi connectivity index (χ1v) is 13.2. The van der Waals surface area contributed by atoms with Crippen LogP contribution in [-0.4, -0.2) is 59.7 Å². The number of alkyl halides is 3. The summed E-state index contributed by atoms with van der Waals surface area (Å²) in [5, 5.41) is 15.5. The van der Waals surface area contributed by atoms with Crippen molar-refractivity contribution in [1.29, 1.82) is 0 Å². The van der Waals surface area contributed by atoms with E-state index in [-0.39, 0.29) is 29.4 Å². The Morgan fingerprint density at radius 1 is 1.12 bits per heavy atom. The molecule has 0 aromatic carbocycles. The van der Waals surface area contributed by atoms with Gasteiger partial charge >= 0.3 is 12.3 Å². The molecule has 1 unspecified atom stereocenters. The van der Waals surface area contributed by atoms with Crippen molar-refractivity contribution in [3.05, 3.63) is 36.2 Å². The highest BCUT2D eigenvalue weighted by molar-refractivity contribution is 6.03. The van der Waals surface area contributed by atoms with Gasteiger partial charge in [0.15, 0.2) is 11.9 Å². The number of hydrogen-bond donors (Lipinski definition) is 2. The van der Waals surface area contributed by atoms with E-state index in [1.54, 1.807) is 54.4 Å². The lowest BCUT2D eigenvalue weighted by molar-refractivity contribution is -0.137. The quantitative estimate of drug-likeness (QED) is 0.354. The minimum Gasteiger partial charge on any atom is -0.444 e. The van der Waals surface area contributed by atoms with E-state index in [1.807, 2.05) is 0 Å². The smallest absolute Gasteiger partial charge is 0.420 e. The van der Waals surface area contributed by atoms with Crippen molar-refractivity contribution in [2.75, 3.05) is 11.9 Å². The van der Waals surface area contributed by atoms with E-state index in [1.165, 1.54) is 0 Å². The van der Waals surface area contributed by atoms with E-state index in [0.29, 0.717) is 36.0 Å². The summed E-state index contributed by atoms with van der Waals surface area (Å²) < 4.78 is 57.1. The predicted molar refractivity (Wildman–Crippen MR) is 139 cm³/mol. The number of pyridine rings is 1. The molecule has 0 bridgehead atoms. The lowest BCUT2D eigenvalue weighted by atomic mass is 10.1. The Hall–Kier alpha value is -3.94. The highest BCUT2D eigenvalue weighted by atomic mass is 19.4. The summed E-state index contributed by atoms with van der Waals surface area (Å²) in [5.74, 6) is -0.00502. The van der Waals surface area contributed by atoms with Crippen molar-refractivity contribution in [2.24, 2.45) is 0 Å². The summed E-state index contributed by atoms with van der Waals surface area (Å²) in [5.41, 5.74) is -0.965. The number of anilines is 1. The van der Waals surface area contributed by atoms with Crippen molar-refractivity contribution < 1.29 is 27.4 Å². The fourth-order valence-electron chi connectivity index (χ4n) is 4.84. The molecular weight excluding hydrogens is 529 g/mol. The van der Waals surface area contributed by atoms with E-state index >= 15 is 0 Å². The van der Waals surface area contributed by atoms with E-state index in [0.717, 1.165) is 19.0 Å². The predicted octanol–water partition coefficient (Wildman–Crippen LogP) is 4.94. The lowest BCUT2D eigenvalue weighted by Gasteiger charge is -2.22. The van der Waals surface area contributed by atoms with Crippen molar-refractivity contribution in [3.63, 3.8) is 0 Å². The highest BCUT2D eigenvalue weighted by Gasteiger charge is 2.41. The van der Waals surface area contributed by atoms with Crippen molar-refractivity contribution in [3.8, 4) is 11.4 Å². The maximum absolute atomic E-state index is 14.2. The monoisotopic (exact) mass is 558 g/mol. The second-order valence-corrected chi connectivity index (χ2v) is 11.0. The van der Waals surface area contributed by atoms with Gasteiger partial charge in [-0.15, -0.1) is 5.10 Å². The molecule has 1 saturated heterocycles. The summed E-state index contributed by atoms with van der Waals surface area (Å²) in [6.45, 7) is 5.81. The van der Waals surface area contributed by atoms with Crippen LogP contribution in [0.25, 0.3) is 27.9 Å². The second kappa shape index (κ2) is 9.61. The van der Waals surface area contributed by atoms with Gasteiger partial charge in [0.1, 0.15) is 22.6 Å². The van der Waals surface area contributed by atoms with Crippen molar-refractivity contribution in [2.45, 2.75) is 76.5 Å². The molecule has 3 atom stereocenters. The Morgan fingerprint density at radius 2 is 1.95 bits per heavy atom. The lowest BCUT2D eigenvalue weighted by Crippen LogP contribution is -2.35. The first-order chi connectivity index (χ1) is 19.0. The molecule has 1 aliphatic carbocycles. The minimum atomic E-state index is -4.73. The Balaban J connectivity index is 1.38. The fourth-order valence-corrected chi connectivity index (χ4v) is 4.84. The molecule has 4 aromatic heterocycles. The molecule has 1 saturated carbocycles. The summed E-state index contributed by atoms with van der Waals surface area (Å²) in [7, 11) is 0. The number of nitrogens with one attached hydrogen (secondary N) is 2. The van der Waals surface area contributed by atoms with Gasteiger partial charge in [-0.2, -0.15) is 18.3 Å². The van der Waals surface area contributed by atoms with Gasteiger partial charge in [0.2, 0.25) is 5.95 Å². The van der Waals surface area contributed by atoms with Crippen LogP contribution in [0.3, 0.4) is 0 Å². The number of hydrogen-bond acceptors (Lipinski definition) is 8. The van der Waals surface area contributed by atoms with Crippen molar-refractivity contribution >= 4 is 28.6 Å². The SMILES string of the molecule is CC(C)(C)OC(=O)N[C@H]1C[C@@H]1Nc1ncc(C(F)(F)F)c(-c2nn(C3CCCCO3)c3nn4ccccc4c23)n1. The maximum atomic E-state index is 14.2. The van der Waals surface area contributed by atoms with Crippen LogP contribution in [-0.2, 0) is 15.7 Å². The number of carbonyl (C=O) groups excluding carboxylic acids is 1. The van der Waals surface area contributed by atoms with Gasteiger partial charge < -0.3 is 20.1 Å². The number of rotatable bonds is 5. The number of alkyl carbamates (subject to hydrolysis) is 1. The Morgan fingerprint density at radius 3 is 2.67 bits per heavy atom. The first-order valence-electron chi connectivity index (χ1n) is 13.2. The first kappa shape index (κ1) is 26.3. The van der Waals surface area contributed by atoms with E-state index < -0.39 is 29.7 Å². The zero-order valence-corrected chi connectivity index (χ0v) is 22.2. The third kappa shape index (κ3) is 5.15. The molecule has 0 radical (unpaired) electrons. The third-order valence-electron chi connectivity index (χ3n) is 6.74. The van der Waals surface area contributed by atoms with Crippen LogP contribution in [0.15, 0.2) is 30.6 Å². The van der Waals surface area contributed by atoms with Crippen molar-refractivity contribution in [1.82, 2.24) is 34.7 Å². The summed E-state index contributed by atoms with van der Waals surface area (Å²) in [6.07, 6.45) is -0.228. The maximum Gasteiger partial charge on any atom is 0.420 e. The van der Waals surface area contributed by atoms with Gasteiger partial charge in [0.05, 0.1) is 23.0 Å². The molecule has 5 heterocycles. The minimum absolute atomic E-state index is 0.00502. The van der Waals surface area contributed by atoms with Gasteiger partial charge in [-0.3, -0.25) is 0 Å². The van der Waals surface area contributed by atoms with E-state index in [4.69, 9.17) is 9.47 Å². The Labute approximate surface area is 227 Å². The Kier molecular flexibility index (Phi) is 6.32. The fraction of sp³-hybridized carbons (Fsp3) is 0.500. The number of aromatic nitrogens is 6. The number of ether oxygens (including phenoxy) is 2. The summed E-state index contributed by atoms with van der Waals surface area (Å²) in [4.78, 5) is 20.4. The van der Waals surface area contributed by atoms with Gasteiger partial charge in [-0.25, -0.2) is 24.0 Å². The summed E-state index contributed by atoms with van der Waals surface area (Å²) >= 11 is 0. The molecular formula is C26H29F3N8O3. The molecule has 2 aliphatic rings. The largest absolute Gasteiger partial charge is 0.444 e. The molecule has 212 valence electrons. The molecule has 6 rings (SSSR count). The van der Waals surface area contributed by atoms with Gasteiger partial charge in [0.25, 0.3) is 0 Å². The molecule has 1 amide bonds. The van der Waals surface area contributed by atoms with Crippen LogP contribution in [0.1, 0.15) is 58.2 Å². The zero-order chi connectivity index (χ0) is 28.2. The standard InChI is InChI=1S/C26H29F3N8O3/c1-25(2,3)40-24(38)32-16-12-15(16)31-23-30-13-14(26(27,28)29)20(33-23)21-19-17-8-4-6-10-36(17)35-22(19)37(34-21)18-9-5-7-11-39-18/h4,6,8,10,13,15-16,18H,5,7,9,11-12H2,1-3H3,(H,32,38)(H,30,31,33)/t15-,16-,18?/m0/s1. The molecule has 11 nitrogen and oxygen atoms in total. The van der Waals surface area contributed by atoms with Crippen LogP contribution < -0.4 is 10.6 Å². The van der Waals surface area contributed by atoms with E-state index in [9.17, 15) is 18.0 Å². The number of nitrogens with zero attached hydrogens (tertiary/aromatic N) is 6. The van der Waals surface area contributed by atoms with E-state index in [2.05, 4.69) is 30.8 Å². The number of carbonyl (C=O) groups is 1. The van der Waals surface area contributed by atoms with Gasteiger partial charge in [0, 0.05) is 19.0 Å². The highest BCUT2D eigenvalue weighted by Crippen LogP contribution is 2.41. The number of fused-ring (bicyclic) bond motifs is 3. The van der Waals surface area contributed by atoms with Crippen LogP contribution in [0.4, 0.5) is 23.9 Å². The van der Waals surface area contributed by atoms with Crippen LogP contribution in [0.5, 0.6) is 0 Å². The average Bonchev–Trinajstić information content (AvgIpc) is 3.32. The molecule has 2 fully saturated rings. The zero-order valence-electron chi connectivity index (χ0n) is 22.2. The van der Waals surface area contributed by atoms with Gasteiger partial charge in [-0.05, 0) is 58.6 Å². The molecule has 0 spiro atoms. The molecule has 1 aliphatic heterocycles. The Bertz CT molecular complexity index is 1570.